The second-order valence-corrected chi connectivity index (χ2v) is 10.8. The van der Waals surface area contributed by atoms with E-state index in [0.717, 1.165) is 60.5 Å². The van der Waals surface area contributed by atoms with Gasteiger partial charge in [-0.3, -0.25) is 9.69 Å². The predicted molar refractivity (Wildman–Crippen MR) is 164 cm³/mol. The van der Waals surface area contributed by atoms with E-state index in [9.17, 15) is 9.90 Å². The number of rotatable bonds is 13. The number of unbranched alkanes of at least 4 members (excludes halogenated alkanes) is 1. The van der Waals surface area contributed by atoms with E-state index in [1.807, 2.05) is 50.3 Å². The quantitative estimate of drug-likeness (QED) is 0.271. The van der Waals surface area contributed by atoms with Gasteiger partial charge in [-0.05, 0) is 75.4 Å². The van der Waals surface area contributed by atoms with Crippen molar-refractivity contribution < 1.29 is 14.6 Å². The largest absolute Gasteiger partial charge is 0.491 e. The third-order valence-electron chi connectivity index (χ3n) is 6.97. The fraction of sp³-hybridized carbons (Fsp3) is 0.545. The summed E-state index contributed by atoms with van der Waals surface area (Å²) < 4.78 is 5.65. The van der Waals surface area contributed by atoms with Crippen molar-refractivity contribution in [3.05, 3.63) is 71.8 Å². The van der Waals surface area contributed by atoms with E-state index in [4.69, 9.17) is 4.74 Å². The van der Waals surface area contributed by atoms with Crippen LogP contribution in [0.5, 0.6) is 5.75 Å². The average Bonchev–Trinajstić information content (AvgIpc) is 2.93. The smallest absolute Gasteiger partial charge is 0.241 e. The number of ether oxygens (including phenoxy) is 1. The highest BCUT2D eigenvalue weighted by Gasteiger charge is 2.28. The molecule has 2 aromatic carbocycles. The lowest BCUT2D eigenvalue weighted by Gasteiger charge is -2.34. The van der Waals surface area contributed by atoms with Crippen molar-refractivity contribution in [2.45, 2.75) is 91.3 Å². The van der Waals surface area contributed by atoms with Crippen molar-refractivity contribution in [3.8, 4) is 5.75 Å². The van der Waals surface area contributed by atoms with Crippen LogP contribution in [0.3, 0.4) is 0 Å². The fourth-order valence-electron chi connectivity index (χ4n) is 4.72. The third kappa shape index (κ3) is 11.5. The molecule has 0 radical (unpaired) electrons. The molecule has 1 aliphatic heterocycles. The van der Waals surface area contributed by atoms with Gasteiger partial charge in [0.1, 0.15) is 18.5 Å². The van der Waals surface area contributed by atoms with E-state index in [0.29, 0.717) is 19.2 Å². The number of amides is 1. The molecule has 0 aromatic heterocycles. The molecule has 2 unspecified atom stereocenters. The van der Waals surface area contributed by atoms with Crippen LogP contribution in [0.1, 0.15) is 69.6 Å². The SMILES string of the molecule is C=CCc1ccccc1OCC(O)CNC(C)C.CCCCN1CCCCC1C(=O)Nc1c(C)cccc1C. The monoisotopic (exact) mass is 537 g/mol. The van der Waals surface area contributed by atoms with E-state index >= 15 is 0 Å². The minimum atomic E-state index is -0.496. The number of aliphatic hydroxyl groups excluding tert-OH is 1. The summed E-state index contributed by atoms with van der Waals surface area (Å²) in [6, 6.07) is 14.4. The molecule has 1 amide bonds. The second kappa shape index (κ2) is 17.8. The molecule has 1 saturated heterocycles. The van der Waals surface area contributed by atoms with E-state index in [1.54, 1.807) is 0 Å². The van der Waals surface area contributed by atoms with Crippen molar-refractivity contribution in [1.29, 1.82) is 0 Å². The van der Waals surface area contributed by atoms with Crippen molar-refractivity contribution >= 4 is 11.6 Å². The Morgan fingerprint density at radius 2 is 1.87 bits per heavy atom. The summed E-state index contributed by atoms with van der Waals surface area (Å²) in [6.45, 7) is 17.1. The zero-order chi connectivity index (χ0) is 28.6. The Balaban J connectivity index is 0.000000277. The molecule has 1 fully saturated rings. The third-order valence-corrected chi connectivity index (χ3v) is 6.97. The number of carbonyl (C=O) groups is 1. The Bertz CT molecular complexity index is 987. The standard InChI is InChI=1S/C18H28N2O.C15H23NO2/c1-4-5-12-20-13-7-6-11-16(20)18(21)19-17-14(2)9-8-10-15(17)3;1-4-7-13-8-5-6-9-15(13)18-11-14(17)10-16-12(2)3/h8-10,16H,4-7,11-13H2,1-3H3,(H,19,21);4-6,8-9,12,14,16-17H,1,7,10-11H2,2-3H3. The van der Waals surface area contributed by atoms with E-state index < -0.39 is 6.10 Å². The summed E-state index contributed by atoms with van der Waals surface area (Å²) in [5, 5.41) is 16.1. The molecule has 0 bridgehead atoms. The molecule has 1 heterocycles. The molecular formula is C33H51N3O3. The van der Waals surface area contributed by atoms with Crippen LogP contribution in [0.4, 0.5) is 5.69 Å². The van der Waals surface area contributed by atoms with Crippen LogP contribution in [0, 0.1) is 13.8 Å². The number of carbonyl (C=O) groups excluding carboxylic acids is 1. The van der Waals surface area contributed by atoms with Crippen molar-refractivity contribution in [2.75, 3.05) is 31.6 Å². The van der Waals surface area contributed by atoms with Gasteiger partial charge in [0.15, 0.2) is 0 Å². The van der Waals surface area contributed by atoms with Crippen molar-refractivity contribution in [3.63, 3.8) is 0 Å². The first-order valence-electron chi connectivity index (χ1n) is 14.6. The van der Waals surface area contributed by atoms with Gasteiger partial charge in [0.05, 0.1) is 6.04 Å². The number of piperidine rings is 1. The number of aryl methyl sites for hydroxylation is 2. The number of para-hydroxylation sites is 2. The lowest BCUT2D eigenvalue weighted by Crippen LogP contribution is -2.47. The van der Waals surface area contributed by atoms with E-state index in [2.05, 4.69) is 55.0 Å². The molecule has 0 spiro atoms. The molecule has 3 rings (SSSR count). The summed E-state index contributed by atoms with van der Waals surface area (Å²) >= 11 is 0. The van der Waals surface area contributed by atoms with Crippen LogP contribution < -0.4 is 15.4 Å². The molecule has 2 atom stereocenters. The minimum absolute atomic E-state index is 0.0457. The van der Waals surface area contributed by atoms with Crippen LogP contribution in [0.15, 0.2) is 55.1 Å². The molecule has 0 aliphatic carbocycles. The predicted octanol–water partition coefficient (Wildman–Crippen LogP) is 6.05. The van der Waals surface area contributed by atoms with E-state index in [1.165, 1.54) is 19.3 Å². The van der Waals surface area contributed by atoms with Crippen LogP contribution in [-0.2, 0) is 11.2 Å². The molecule has 2 aromatic rings. The normalized spacial score (nSPS) is 16.2. The fourth-order valence-corrected chi connectivity index (χ4v) is 4.72. The summed E-state index contributed by atoms with van der Waals surface area (Å²) in [7, 11) is 0. The topological polar surface area (TPSA) is 73.8 Å². The number of anilines is 1. The molecule has 216 valence electrons. The highest BCUT2D eigenvalue weighted by atomic mass is 16.5. The van der Waals surface area contributed by atoms with Crippen LogP contribution in [-0.4, -0.2) is 60.3 Å². The van der Waals surface area contributed by atoms with Gasteiger partial charge < -0.3 is 20.5 Å². The lowest BCUT2D eigenvalue weighted by atomic mass is 10.00. The molecule has 0 saturated carbocycles. The highest BCUT2D eigenvalue weighted by Crippen LogP contribution is 2.23. The Labute approximate surface area is 236 Å². The summed E-state index contributed by atoms with van der Waals surface area (Å²) in [4.78, 5) is 15.1. The first kappa shape index (κ1) is 32.5. The molecule has 39 heavy (non-hydrogen) atoms. The van der Waals surface area contributed by atoms with Gasteiger partial charge in [-0.1, -0.05) is 76.1 Å². The van der Waals surface area contributed by atoms with Gasteiger partial charge in [0, 0.05) is 18.3 Å². The first-order chi connectivity index (χ1) is 18.8. The number of hydrogen-bond donors (Lipinski definition) is 3. The first-order valence-corrected chi connectivity index (χ1v) is 14.6. The number of hydrogen-bond acceptors (Lipinski definition) is 5. The van der Waals surface area contributed by atoms with Gasteiger partial charge in [-0.2, -0.15) is 0 Å². The average molecular weight is 538 g/mol. The number of nitrogens with one attached hydrogen (secondary N) is 2. The number of benzene rings is 2. The molecule has 3 N–H and O–H groups in total. The summed E-state index contributed by atoms with van der Waals surface area (Å²) in [5.41, 5.74) is 4.36. The van der Waals surface area contributed by atoms with Gasteiger partial charge >= 0.3 is 0 Å². The Hall–Kier alpha value is -2.67. The summed E-state index contributed by atoms with van der Waals surface area (Å²) in [5.74, 6) is 0.990. The zero-order valence-corrected chi connectivity index (χ0v) is 24.8. The maximum atomic E-state index is 12.7. The minimum Gasteiger partial charge on any atom is -0.491 e. The Kier molecular flexibility index (Phi) is 14.9. The van der Waals surface area contributed by atoms with Crippen molar-refractivity contribution in [2.24, 2.45) is 0 Å². The number of nitrogens with zero attached hydrogens (tertiary/aromatic N) is 1. The molecule has 1 aliphatic rings. The maximum absolute atomic E-state index is 12.7. The Morgan fingerprint density at radius 3 is 2.54 bits per heavy atom. The van der Waals surface area contributed by atoms with E-state index in [-0.39, 0.29) is 11.9 Å². The van der Waals surface area contributed by atoms with Gasteiger partial charge in [0.2, 0.25) is 5.91 Å². The van der Waals surface area contributed by atoms with Gasteiger partial charge in [-0.15, -0.1) is 6.58 Å². The molecular weight excluding hydrogens is 486 g/mol. The number of aliphatic hydroxyl groups is 1. The van der Waals surface area contributed by atoms with Gasteiger partial charge in [0.25, 0.3) is 0 Å². The van der Waals surface area contributed by atoms with Crippen LogP contribution >= 0.6 is 0 Å². The summed E-state index contributed by atoms with van der Waals surface area (Å²) in [6.07, 6.45) is 7.85. The molecule has 6 nitrogen and oxygen atoms in total. The second-order valence-electron chi connectivity index (χ2n) is 10.8. The Morgan fingerprint density at radius 1 is 1.15 bits per heavy atom. The highest BCUT2D eigenvalue weighted by molar-refractivity contribution is 5.96. The van der Waals surface area contributed by atoms with Crippen LogP contribution in [0.2, 0.25) is 0 Å². The van der Waals surface area contributed by atoms with Gasteiger partial charge in [-0.25, -0.2) is 0 Å². The maximum Gasteiger partial charge on any atom is 0.241 e. The zero-order valence-electron chi connectivity index (χ0n) is 24.8. The van der Waals surface area contributed by atoms with Crippen molar-refractivity contribution in [1.82, 2.24) is 10.2 Å². The molecule has 6 heteroatoms. The van der Waals surface area contributed by atoms with Crippen LogP contribution in [0.25, 0.3) is 0 Å². The number of likely N-dealkylation sites (tertiary alicyclic amines) is 1. The lowest BCUT2D eigenvalue weighted by molar-refractivity contribution is -0.122. The number of allylic oxidation sites excluding steroid dienone is 1.